The van der Waals surface area contributed by atoms with Gasteiger partial charge in [0.1, 0.15) is 11.6 Å². The molecule has 1 aromatic carbocycles. The lowest BCUT2D eigenvalue weighted by Crippen LogP contribution is -2.13. The third kappa shape index (κ3) is 3.41. The first-order valence-corrected chi connectivity index (χ1v) is 6.72. The van der Waals surface area contributed by atoms with Gasteiger partial charge in [0.25, 0.3) is 0 Å². The predicted molar refractivity (Wildman–Crippen MR) is 74.5 cm³/mol. The molecule has 0 radical (unpaired) electrons. The Hall–Kier alpha value is -1.68. The highest BCUT2D eigenvalue weighted by Crippen LogP contribution is 2.14. The SMILES string of the molecule is CCNCc1cc(Cc2nccn2CC)ccc1F. The van der Waals surface area contributed by atoms with E-state index in [2.05, 4.69) is 21.8 Å². The van der Waals surface area contributed by atoms with E-state index in [0.717, 1.165) is 30.9 Å². The summed E-state index contributed by atoms with van der Waals surface area (Å²) in [5.74, 6) is 0.868. The topological polar surface area (TPSA) is 29.9 Å². The van der Waals surface area contributed by atoms with E-state index >= 15 is 0 Å². The second-order valence-electron chi connectivity index (χ2n) is 4.51. The molecule has 0 unspecified atom stereocenters. The Balaban J connectivity index is 2.16. The van der Waals surface area contributed by atoms with Crippen LogP contribution in [0.4, 0.5) is 4.39 Å². The van der Waals surface area contributed by atoms with E-state index in [1.54, 1.807) is 6.07 Å². The van der Waals surface area contributed by atoms with Crippen molar-refractivity contribution in [2.75, 3.05) is 6.54 Å². The van der Waals surface area contributed by atoms with Crippen LogP contribution in [0.3, 0.4) is 0 Å². The minimum absolute atomic E-state index is 0.150. The van der Waals surface area contributed by atoms with E-state index in [1.807, 2.05) is 31.5 Å². The third-order valence-corrected chi connectivity index (χ3v) is 3.18. The number of nitrogens with zero attached hydrogens (tertiary/aromatic N) is 2. The van der Waals surface area contributed by atoms with Crippen LogP contribution in [0.2, 0.25) is 0 Å². The zero-order valence-corrected chi connectivity index (χ0v) is 11.5. The summed E-state index contributed by atoms with van der Waals surface area (Å²) in [7, 11) is 0. The first-order valence-electron chi connectivity index (χ1n) is 6.72. The fourth-order valence-corrected chi connectivity index (χ4v) is 2.11. The normalized spacial score (nSPS) is 10.9. The highest BCUT2D eigenvalue weighted by Gasteiger charge is 2.07. The summed E-state index contributed by atoms with van der Waals surface area (Å²) >= 11 is 0. The van der Waals surface area contributed by atoms with Crippen LogP contribution in [0.1, 0.15) is 30.8 Å². The molecule has 102 valence electrons. The standard InChI is InChI=1S/C15H20FN3/c1-3-17-11-13-9-12(5-6-14(13)16)10-15-18-7-8-19(15)4-2/h5-9,17H,3-4,10-11H2,1-2H3. The van der Waals surface area contributed by atoms with Gasteiger partial charge in [-0.05, 0) is 25.1 Å². The second kappa shape index (κ2) is 6.48. The Morgan fingerprint density at radius 3 is 2.89 bits per heavy atom. The van der Waals surface area contributed by atoms with Crippen LogP contribution in [0.25, 0.3) is 0 Å². The number of nitrogens with one attached hydrogen (secondary N) is 1. The number of imidazole rings is 1. The summed E-state index contributed by atoms with van der Waals surface area (Å²) in [6, 6.07) is 5.30. The van der Waals surface area contributed by atoms with Crippen LogP contribution in [-0.4, -0.2) is 16.1 Å². The number of benzene rings is 1. The van der Waals surface area contributed by atoms with Crippen LogP contribution in [0, 0.1) is 5.82 Å². The van der Waals surface area contributed by atoms with E-state index in [0.29, 0.717) is 12.1 Å². The minimum atomic E-state index is -0.150. The first-order chi connectivity index (χ1) is 9.24. The number of aromatic nitrogens is 2. The number of halogens is 1. The molecule has 3 nitrogen and oxygen atoms in total. The van der Waals surface area contributed by atoms with Gasteiger partial charge in [0.15, 0.2) is 0 Å². The van der Waals surface area contributed by atoms with Gasteiger partial charge in [-0.2, -0.15) is 0 Å². The minimum Gasteiger partial charge on any atom is -0.335 e. The van der Waals surface area contributed by atoms with Crippen molar-refractivity contribution >= 4 is 0 Å². The van der Waals surface area contributed by atoms with Gasteiger partial charge in [0.05, 0.1) is 0 Å². The summed E-state index contributed by atoms with van der Waals surface area (Å²) in [5.41, 5.74) is 1.81. The largest absolute Gasteiger partial charge is 0.335 e. The maximum atomic E-state index is 13.7. The van der Waals surface area contributed by atoms with Gasteiger partial charge in [-0.1, -0.05) is 19.1 Å². The smallest absolute Gasteiger partial charge is 0.127 e. The summed E-state index contributed by atoms with van der Waals surface area (Å²) in [6.07, 6.45) is 4.51. The van der Waals surface area contributed by atoms with Crippen molar-refractivity contribution in [3.8, 4) is 0 Å². The van der Waals surface area contributed by atoms with E-state index in [-0.39, 0.29) is 5.82 Å². The molecule has 0 aliphatic carbocycles. The van der Waals surface area contributed by atoms with Crippen LogP contribution in [-0.2, 0) is 19.5 Å². The van der Waals surface area contributed by atoms with E-state index in [4.69, 9.17) is 0 Å². The fourth-order valence-electron chi connectivity index (χ4n) is 2.11. The van der Waals surface area contributed by atoms with Crippen molar-refractivity contribution < 1.29 is 4.39 Å². The molecule has 0 saturated carbocycles. The average molecular weight is 261 g/mol. The van der Waals surface area contributed by atoms with Gasteiger partial charge in [-0.25, -0.2) is 9.37 Å². The Morgan fingerprint density at radius 2 is 2.16 bits per heavy atom. The van der Waals surface area contributed by atoms with Crippen LogP contribution < -0.4 is 5.32 Å². The molecule has 0 aliphatic heterocycles. The molecule has 1 N–H and O–H groups in total. The molecule has 0 spiro atoms. The Labute approximate surface area is 113 Å². The van der Waals surface area contributed by atoms with Gasteiger partial charge < -0.3 is 9.88 Å². The van der Waals surface area contributed by atoms with Crippen molar-refractivity contribution in [2.45, 2.75) is 33.4 Å². The molecule has 0 saturated heterocycles. The van der Waals surface area contributed by atoms with Crippen LogP contribution in [0.5, 0.6) is 0 Å². The quantitative estimate of drug-likeness (QED) is 0.866. The van der Waals surface area contributed by atoms with Crippen LogP contribution >= 0.6 is 0 Å². The summed E-state index contributed by atoms with van der Waals surface area (Å²) in [4.78, 5) is 4.35. The van der Waals surface area contributed by atoms with E-state index in [1.165, 1.54) is 0 Å². The molecular weight excluding hydrogens is 241 g/mol. The number of hydrogen-bond donors (Lipinski definition) is 1. The predicted octanol–water partition coefficient (Wildman–Crippen LogP) is 2.74. The lowest BCUT2D eigenvalue weighted by molar-refractivity contribution is 0.592. The van der Waals surface area contributed by atoms with E-state index in [9.17, 15) is 4.39 Å². The van der Waals surface area contributed by atoms with Crippen molar-refractivity contribution in [3.63, 3.8) is 0 Å². The molecule has 0 bridgehead atoms. The molecule has 1 heterocycles. The van der Waals surface area contributed by atoms with Gasteiger partial charge >= 0.3 is 0 Å². The molecule has 0 aliphatic rings. The molecule has 0 amide bonds. The van der Waals surface area contributed by atoms with Gasteiger partial charge in [-0.3, -0.25) is 0 Å². The van der Waals surface area contributed by atoms with Gasteiger partial charge in [-0.15, -0.1) is 0 Å². The monoisotopic (exact) mass is 261 g/mol. The van der Waals surface area contributed by atoms with Gasteiger partial charge in [0, 0.05) is 37.5 Å². The zero-order valence-electron chi connectivity index (χ0n) is 11.5. The summed E-state index contributed by atoms with van der Waals surface area (Å²) in [6.45, 7) is 6.41. The van der Waals surface area contributed by atoms with Crippen molar-refractivity contribution in [1.82, 2.24) is 14.9 Å². The highest BCUT2D eigenvalue weighted by molar-refractivity contribution is 5.27. The summed E-state index contributed by atoms with van der Waals surface area (Å²) < 4.78 is 15.8. The Kier molecular flexibility index (Phi) is 4.68. The molecule has 1 aromatic heterocycles. The maximum absolute atomic E-state index is 13.7. The molecule has 4 heteroatoms. The molecule has 2 aromatic rings. The lowest BCUT2D eigenvalue weighted by atomic mass is 10.1. The average Bonchev–Trinajstić information content (AvgIpc) is 2.86. The fraction of sp³-hybridized carbons (Fsp3) is 0.400. The number of hydrogen-bond acceptors (Lipinski definition) is 2. The summed E-state index contributed by atoms with van der Waals surface area (Å²) in [5, 5.41) is 3.15. The van der Waals surface area contributed by atoms with Crippen molar-refractivity contribution in [2.24, 2.45) is 0 Å². The highest BCUT2D eigenvalue weighted by atomic mass is 19.1. The van der Waals surface area contributed by atoms with Crippen LogP contribution in [0.15, 0.2) is 30.6 Å². The molecular formula is C15H20FN3. The molecule has 19 heavy (non-hydrogen) atoms. The molecule has 0 atom stereocenters. The van der Waals surface area contributed by atoms with E-state index < -0.39 is 0 Å². The number of rotatable bonds is 6. The molecule has 0 fully saturated rings. The third-order valence-electron chi connectivity index (χ3n) is 3.18. The molecule has 2 rings (SSSR count). The zero-order chi connectivity index (χ0) is 13.7. The second-order valence-corrected chi connectivity index (χ2v) is 4.51. The maximum Gasteiger partial charge on any atom is 0.127 e. The number of aryl methyl sites for hydroxylation is 1. The van der Waals surface area contributed by atoms with Crippen molar-refractivity contribution in [3.05, 3.63) is 53.4 Å². The Morgan fingerprint density at radius 1 is 1.32 bits per heavy atom. The Bertz CT molecular complexity index is 534. The lowest BCUT2D eigenvalue weighted by Gasteiger charge is -2.08. The first kappa shape index (κ1) is 13.7. The van der Waals surface area contributed by atoms with Gasteiger partial charge in [0.2, 0.25) is 0 Å². The van der Waals surface area contributed by atoms with Crippen molar-refractivity contribution in [1.29, 1.82) is 0 Å².